The van der Waals surface area contributed by atoms with Gasteiger partial charge in [-0.1, -0.05) is 0 Å². The average Bonchev–Trinajstić information content (AvgIpc) is 2.79. The fourth-order valence-electron chi connectivity index (χ4n) is 2.27. The first kappa shape index (κ1) is 12.7. The molecule has 20 heavy (non-hydrogen) atoms. The predicted molar refractivity (Wildman–Crippen MR) is 69.9 cm³/mol. The van der Waals surface area contributed by atoms with Crippen molar-refractivity contribution in [3.05, 3.63) is 18.2 Å². The summed E-state index contributed by atoms with van der Waals surface area (Å²) in [6.45, 7) is 0.351. The quantitative estimate of drug-likeness (QED) is 0.850. The van der Waals surface area contributed by atoms with Crippen LogP contribution in [0, 0.1) is 0 Å². The first-order valence-electron chi connectivity index (χ1n) is 6.33. The third-order valence-corrected chi connectivity index (χ3v) is 3.23. The lowest BCUT2D eigenvalue weighted by atomic mass is 10.2. The molecule has 0 unspecified atom stereocenters. The summed E-state index contributed by atoms with van der Waals surface area (Å²) < 4.78 is 10.4. The monoisotopic (exact) mass is 278 g/mol. The Balaban J connectivity index is 1.82. The fraction of sp³-hybridized carbons (Fsp3) is 0.385. The normalized spacial score (nSPS) is 21.1. The highest BCUT2D eigenvalue weighted by atomic mass is 16.6. The molecule has 2 N–H and O–H groups in total. The van der Waals surface area contributed by atoms with Crippen molar-refractivity contribution >= 4 is 23.4 Å². The summed E-state index contributed by atoms with van der Waals surface area (Å²) in [5, 5.41) is 11.6. The van der Waals surface area contributed by atoms with Gasteiger partial charge in [0, 0.05) is 18.7 Å². The molecule has 0 radical (unpaired) electrons. The minimum Gasteiger partial charge on any atom is -0.482 e. The lowest BCUT2D eigenvalue weighted by Crippen LogP contribution is -2.27. The van der Waals surface area contributed by atoms with E-state index >= 15 is 0 Å². The molecule has 1 saturated heterocycles. The molecule has 1 aromatic carbocycles. The second-order valence-corrected chi connectivity index (χ2v) is 4.65. The number of carbonyl (C=O) groups excluding carboxylic acids is 2. The Bertz CT molecular complexity index is 560. The molecule has 7 nitrogen and oxygen atoms in total. The van der Waals surface area contributed by atoms with Crippen molar-refractivity contribution in [1.82, 2.24) is 0 Å². The van der Waals surface area contributed by atoms with E-state index in [0.29, 0.717) is 30.1 Å². The Kier molecular flexibility index (Phi) is 3.19. The second-order valence-electron chi connectivity index (χ2n) is 4.65. The number of benzene rings is 1. The van der Waals surface area contributed by atoms with E-state index in [9.17, 15) is 9.59 Å². The summed E-state index contributed by atoms with van der Waals surface area (Å²) in [6.07, 6.45) is -0.353. The fourth-order valence-corrected chi connectivity index (χ4v) is 2.27. The molecular weight excluding hydrogens is 264 g/mol. The molecule has 1 aromatic rings. The number of carbonyl (C=O) groups is 2. The van der Waals surface area contributed by atoms with E-state index in [1.807, 2.05) is 0 Å². The van der Waals surface area contributed by atoms with E-state index in [1.54, 1.807) is 18.2 Å². The zero-order valence-electron chi connectivity index (χ0n) is 10.7. The maximum atomic E-state index is 11.8. The van der Waals surface area contributed by atoms with Crippen molar-refractivity contribution in [3.8, 4) is 5.75 Å². The molecule has 0 bridgehead atoms. The van der Waals surface area contributed by atoms with Crippen LogP contribution in [0.25, 0.3) is 0 Å². The van der Waals surface area contributed by atoms with Crippen LogP contribution in [0.5, 0.6) is 5.75 Å². The lowest BCUT2D eigenvalue weighted by Gasteiger charge is -2.20. The number of ether oxygens (including phenoxy) is 2. The molecule has 2 heterocycles. The number of hydrogen-bond acceptors (Lipinski definition) is 5. The number of amides is 2. The maximum Gasteiger partial charge on any atom is 0.414 e. The zero-order chi connectivity index (χ0) is 14.1. The van der Waals surface area contributed by atoms with Crippen LogP contribution in [0.2, 0.25) is 0 Å². The highest BCUT2D eigenvalue weighted by Crippen LogP contribution is 2.33. The van der Waals surface area contributed by atoms with Gasteiger partial charge in [0.2, 0.25) is 0 Å². The summed E-state index contributed by atoms with van der Waals surface area (Å²) in [6, 6.07) is 5.12. The molecule has 0 aliphatic carbocycles. The van der Waals surface area contributed by atoms with Crippen LogP contribution in [-0.4, -0.2) is 43.0 Å². The maximum absolute atomic E-state index is 11.8. The summed E-state index contributed by atoms with van der Waals surface area (Å²) in [7, 11) is 0. The summed E-state index contributed by atoms with van der Waals surface area (Å²) in [4.78, 5) is 24.6. The van der Waals surface area contributed by atoms with Crippen LogP contribution in [0.1, 0.15) is 6.42 Å². The van der Waals surface area contributed by atoms with Crippen LogP contribution < -0.4 is 15.0 Å². The van der Waals surface area contributed by atoms with E-state index in [0.717, 1.165) is 0 Å². The van der Waals surface area contributed by atoms with Crippen LogP contribution in [-0.2, 0) is 9.53 Å². The van der Waals surface area contributed by atoms with E-state index in [4.69, 9.17) is 14.6 Å². The third kappa shape index (κ3) is 2.27. The lowest BCUT2D eigenvalue weighted by molar-refractivity contribution is -0.118. The second kappa shape index (κ2) is 5.01. The molecule has 2 amide bonds. The number of aliphatic hydroxyl groups is 1. The van der Waals surface area contributed by atoms with Gasteiger partial charge < -0.3 is 19.9 Å². The van der Waals surface area contributed by atoms with Crippen LogP contribution >= 0.6 is 0 Å². The van der Waals surface area contributed by atoms with Gasteiger partial charge in [-0.05, 0) is 18.2 Å². The summed E-state index contributed by atoms with van der Waals surface area (Å²) in [5.41, 5.74) is 1.16. The van der Waals surface area contributed by atoms with E-state index in [2.05, 4.69) is 5.32 Å². The van der Waals surface area contributed by atoms with Gasteiger partial charge in [0.05, 0.1) is 12.2 Å². The van der Waals surface area contributed by atoms with Gasteiger partial charge in [0.25, 0.3) is 5.91 Å². The zero-order valence-corrected chi connectivity index (χ0v) is 10.7. The van der Waals surface area contributed by atoms with Gasteiger partial charge in [0.15, 0.2) is 6.61 Å². The Morgan fingerprint density at radius 3 is 3.05 bits per heavy atom. The van der Waals surface area contributed by atoms with Crippen LogP contribution in [0.4, 0.5) is 16.2 Å². The van der Waals surface area contributed by atoms with Crippen molar-refractivity contribution in [2.24, 2.45) is 0 Å². The molecule has 2 aliphatic heterocycles. The van der Waals surface area contributed by atoms with Gasteiger partial charge in [-0.15, -0.1) is 0 Å². The number of rotatable bonds is 3. The average molecular weight is 278 g/mol. The minimum atomic E-state index is -0.452. The number of nitrogens with zero attached hydrogens (tertiary/aromatic N) is 1. The first-order chi connectivity index (χ1) is 9.67. The molecule has 0 spiro atoms. The summed E-state index contributed by atoms with van der Waals surface area (Å²) in [5.74, 6) is 0.352. The Morgan fingerprint density at radius 2 is 2.25 bits per heavy atom. The predicted octanol–water partition coefficient (Wildman–Crippen LogP) is 0.725. The molecule has 2 aliphatic rings. The number of fused-ring (bicyclic) bond motifs is 1. The van der Waals surface area contributed by atoms with Crippen molar-refractivity contribution in [2.45, 2.75) is 12.5 Å². The van der Waals surface area contributed by atoms with Crippen molar-refractivity contribution in [2.75, 3.05) is 30.0 Å². The first-order valence-corrected chi connectivity index (χ1v) is 6.33. The Morgan fingerprint density at radius 1 is 1.40 bits per heavy atom. The van der Waals surface area contributed by atoms with Gasteiger partial charge in [-0.3, -0.25) is 9.69 Å². The molecule has 0 saturated carbocycles. The summed E-state index contributed by atoms with van der Waals surface area (Å²) >= 11 is 0. The van der Waals surface area contributed by atoms with Gasteiger partial charge in [-0.25, -0.2) is 4.79 Å². The Labute approximate surface area is 115 Å². The van der Waals surface area contributed by atoms with E-state index < -0.39 is 6.09 Å². The van der Waals surface area contributed by atoms with Gasteiger partial charge >= 0.3 is 6.09 Å². The van der Waals surface area contributed by atoms with Gasteiger partial charge in [0.1, 0.15) is 11.9 Å². The largest absolute Gasteiger partial charge is 0.482 e. The SMILES string of the molecule is O=C1COc2ccc(N3C[C@H](CCO)OC3=O)cc2N1. The number of cyclic esters (lactones) is 1. The number of anilines is 2. The van der Waals surface area contributed by atoms with Crippen molar-refractivity contribution in [3.63, 3.8) is 0 Å². The van der Waals surface area contributed by atoms with Crippen LogP contribution in [0.3, 0.4) is 0 Å². The molecular formula is C13H14N2O5. The van der Waals surface area contributed by atoms with E-state index in [-0.39, 0.29) is 25.2 Å². The van der Waals surface area contributed by atoms with Crippen molar-refractivity contribution < 1.29 is 24.2 Å². The van der Waals surface area contributed by atoms with E-state index in [1.165, 1.54) is 4.90 Å². The molecule has 1 atom stereocenters. The smallest absolute Gasteiger partial charge is 0.414 e. The highest BCUT2D eigenvalue weighted by Gasteiger charge is 2.32. The topological polar surface area (TPSA) is 88.1 Å². The van der Waals surface area contributed by atoms with Gasteiger partial charge in [-0.2, -0.15) is 0 Å². The molecule has 106 valence electrons. The molecule has 0 aromatic heterocycles. The molecule has 3 rings (SSSR count). The molecule has 1 fully saturated rings. The highest BCUT2D eigenvalue weighted by molar-refractivity contribution is 5.97. The standard InChI is InChI=1S/C13H14N2O5/c16-4-3-9-6-15(13(18)20-9)8-1-2-11-10(5-8)14-12(17)7-19-11/h1-2,5,9,16H,3-4,6-7H2,(H,14,17)/t9-/m0/s1. The third-order valence-electron chi connectivity index (χ3n) is 3.23. The van der Waals surface area contributed by atoms with Crippen molar-refractivity contribution in [1.29, 1.82) is 0 Å². The minimum absolute atomic E-state index is 0.00330. The molecule has 7 heteroatoms. The number of aliphatic hydroxyl groups excluding tert-OH is 1. The Hall–Kier alpha value is -2.28. The van der Waals surface area contributed by atoms with Crippen LogP contribution in [0.15, 0.2) is 18.2 Å². The number of hydrogen-bond donors (Lipinski definition) is 2. The number of nitrogens with one attached hydrogen (secondary N) is 1.